The highest BCUT2D eigenvalue weighted by Gasteiger charge is 2.44. The smallest absolute Gasteiger partial charge is 0.349 e. The molecular weight excluding hydrogens is 528 g/mol. The van der Waals surface area contributed by atoms with Gasteiger partial charge in [-0.15, -0.1) is 0 Å². The van der Waals surface area contributed by atoms with Crippen LogP contribution in [0.2, 0.25) is 0 Å². The maximum Gasteiger partial charge on any atom is 0.433 e. The van der Waals surface area contributed by atoms with E-state index < -0.39 is 69.5 Å². The van der Waals surface area contributed by atoms with Crippen LogP contribution in [0.4, 0.5) is 26.3 Å². The average molecular weight is 545 g/mol. The highest BCUT2D eigenvalue weighted by atomic mass is 32.2. The molecule has 37 heavy (non-hydrogen) atoms. The minimum absolute atomic E-state index is 0.215. The van der Waals surface area contributed by atoms with Gasteiger partial charge in [-0.05, 0) is 36.4 Å². The summed E-state index contributed by atoms with van der Waals surface area (Å²) in [5, 5.41) is 2.44. The first-order chi connectivity index (χ1) is 17.4. The zero-order chi connectivity index (χ0) is 27.0. The number of benzene rings is 1. The minimum atomic E-state index is -4.61. The highest BCUT2D eigenvalue weighted by Crippen LogP contribution is 2.30. The summed E-state index contributed by atoms with van der Waals surface area (Å²) in [6.45, 7) is -0.896. The molecule has 0 spiro atoms. The lowest BCUT2D eigenvalue weighted by Crippen LogP contribution is -2.45. The Hall–Kier alpha value is -3.59. The van der Waals surface area contributed by atoms with Gasteiger partial charge >= 0.3 is 6.18 Å². The predicted molar refractivity (Wildman–Crippen MR) is 116 cm³/mol. The van der Waals surface area contributed by atoms with Gasteiger partial charge in [0.25, 0.3) is 0 Å². The first kappa shape index (κ1) is 26.5. The zero-order valence-corrected chi connectivity index (χ0v) is 19.4. The van der Waals surface area contributed by atoms with Crippen LogP contribution in [0.5, 0.6) is 0 Å². The lowest BCUT2D eigenvalue weighted by molar-refractivity contribution is -0.141. The predicted octanol–water partition coefficient (Wildman–Crippen LogP) is 3.25. The quantitative estimate of drug-likeness (QED) is 0.477. The number of hydrogen-bond donors (Lipinski definition) is 1. The molecule has 0 bridgehead atoms. The first-order valence-corrected chi connectivity index (χ1v) is 12.0. The van der Waals surface area contributed by atoms with Gasteiger partial charge in [0.05, 0.1) is 22.8 Å². The molecule has 2 unspecified atom stereocenters. The molecule has 0 saturated carbocycles. The summed E-state index contributed by atoms with van der Waals surface area (Å²) in [5.74, 6) is -3.54. The van der Waals surface area contributed by atoms with Crippen molar-refractivity contribution in [3.8, 4) is 11.3 Å². The van der Waals surface area contributed by atoms with Crippen LogP contribution in [-0.4, -0.2) is 52.3 Å². The third kappa shape index (κ3) is 5.72. The van der Waals surface area contributed by atoms with Gasteiger partial charge in [0.1, 0.15) is 24.2 Å². The van der Waals surface area contributed by atoms with Crippen LogP contribution < -0.4 is 5.32 Å². The number of carbonyl (C=O) groups excluding carboxylic acids is 1. The van der Waals surface area contributed by atoms with Crippen molar-refractivity contribution in [1.82, 2.24) is 24.6 Å². The van der Waals surface area contributed by atoms with Gasteiger partial charge in [0, 0.05) is 24.7 Å². The lowest BCUT2D eigenvalue weighted by Gasteiger charge is -2.23. The molecule has 1 aliphatic rings. The fourth-order valence-corrected chi connectivity index (χ4v) is 5.33. The summed E-state index contributed by atoms with van der Waals surface area (Å²) in [7, 11) is -4.53. The van der Waals surface area contributed by atoms with Gasteiger partial charge < -0.3 is 5.32 Å². The summed E-state index contributed by atoms with van der Waals surface area (Å²) in [5.41, 5.74) is -0.387. The number of hydrogen-bond acceptors (Lipinski definition) is 6. The van der Waals surface area contributed by atoms with Crippen molar-refractivity contribution >= 4 is 15.9 Å². The second-order valence-corrected chi connectivity index (χ2v) is 9.93. The number of carbonyl (C=O) groups is 1. The number of amides is 1. The molecule has 4 rings (SSSR count). The van der Waals surface area contributed by atoms with Crippen molar-refractivity contribution in [2.24, 2.45) is 0 Å². The number of alkyl halides is 4. The molecule has 0 aliphatic carbocycles. The summed E-state index contributed by atoms with van der Waals surface area (Å²) < 4.78 is 106. The minimum Gasteiger partial charge on any atom is -0.349 e. The Morgan fingerprint density at radius 2 is 1.81 bits per heavy atom. The molecule has 0 radical (unpaired) electrons. The molecule has 1 amide bonds. The molecule has 2 atom stereocenters. The van der Waals surface area contributed by atoms with E-state index in [4.69, 9.17) is 0 Å². The Morgan fingerprint density at radius 1 is 1.05 bits per heavy atom. The van der Waals surface area contributed by atoms with E-state index in [2.05, 4.69) is 20.3 Å². The molecule has 1 N–H and O–H groups in total. The largest absolute Gasteiger partial charge is 0.433 e. The van der Waals surface area contributed by atoms with Crippen LogP contribution in [0.15, 0.2) is 53.8 Å². The number of rotatable bonds is 6. The second-order valence-electron chi connectivity index (χ2n) is 8.04. The number of pyridine rings is 1. The summed E-state index contributed by atoms with van der Waals surface area (Å²) >= 11 is 0. The second kappa shape index (κ2) is 10.0. The average Bonchev–Trinajstić information content (AvgIpc) is 3.26. The SMILES string of the molecule is O=C(NCc1cc(-c2ccc(C(F)(F)F)nc2)ncn1)C1CC(F)CN1S(=O)(=O)c1ccc(F)c(F)c1. The lowest BCUT2D eigenvalue weighted by atomic mass is 10.1. The maximum atomic E-state index is 14.2. The van der Waals surface area contributed by atoms with Crippen LogP contribution in [0.3, 0.4) is 0 Å². The van der Waals surface area contributed by atoms with Crippen LogP contribution in [0, 0.1) is 11.6 Å². The van der Waals surface area contributed by atoms with Crippen molar-refractivity contribution in [3.63, 3.8) is 0 Å². The number of nitrogens with zero attached hydrogens (tertiary/aromatic N) is 4. The third-order valence-corrected chi connectivity index (χ3v) is 7.39. The normalized spacial score (nSPS) is 18.6. The summed E-state index contributed by atoms with van der Waals surface area (Å²) in [6.07, 6.45) is -4.64. The van der Waals surface area contributed by atoms with E-state index in [1.807, 2.05) is 0 Å². The molecule has 15 heteroatoms. The van der Waals surface area contributed by atoms with E-state index >= 15 is 0 Å². The van der Waals surface area contributed by atoms with Crippen molar-refractivity contribution in [2.45, 2.75) is 36.3 Å². The maximum absolute atomic E-state index is 14.2. The summed E-state index contributed by atoms with van der Waals surface area (Å²) in [6, 6.07) is 3.74. The van der Waals surface area contributed by atoms with Crippen molar-refractivity contribution < 1.29 is 39.6 Å². The topological polar surface area (TPSA) is 105 Å². The molecule has 1 aliphatic heterocycles. The molecule has 1 fully saturated rings. The van der Waals surface area contributed by atoms with E-state index in [-0.39, 0.29) is 23.5 Å². The zero-order valence-electron chi connectivity index (χ0n) is 18.6. The fourth-order valence-electron chi connectivity index (χ4n) is 3.69. The number of nitrogens with one attached hydrogen (secondary N) is 1. The molecule has 1 aromatic carbocycles. The van der Waals surface area contributed by atoms with E-state index in [0.29, 0.717) is 16.4 Å². The molecule has 196 valence electrons. The van der Waals surface area contributed by atoms with Crippen LogP contribution in [0.25, 0.3) is 11.3 Å². The third-order valence-electron chi connectivity index (χ3n) is 5.52. The van der Waals surface area contributed by atoms with Gasteiger partial charge in [0.2, 0.25) is 15.9 Å². The fraction of sp³-hybridized carbons (Fsp3) is 0.273. The molecular formula is C22H17F6N5O3S. The molecule has 2 aromatic heterocycles. The standard InChI is InChI=1S/C22H17F6N5O3S/c23-13-5-19(33(10-13)37(35,36)15-2-3-16(24)17(25)7-15)21(34)30-9-14-6-18(32-11-31-14)12-1-4-20(29-8-12)22(26,27)28/h1-4,6-8,11,13,19H,5,9-10H2,(H,30,34). The monoisotopic (exact) mass is 545 g/mol. The van der Waals surface area contributed by atoms with Crippen LogP contribution in [0.1, 0.15) is 17.8 Å². The molecule has 8 nitrogen and oxygen atoms in total. The van der Waals surface area contributed by atoms with E-state index in [0.717, 1.165) is 24.7 Å². The molecule has 1 saturated heterocycles. The van der Waals surface area contributed by atoms with Gasteiger partial charge in [-0.1, -0.05) is 0 Å². The van der Waals surface area contributed by atoms with E-state index in [1.54, 1.807) is 0 Å². The van der Waals surface area contributed by atoms with Gasteiger partial charge in [-0.2, -0.15) is 17.5 Å². The highest BCUT2D eigenvalue weighted by molar-refractivity contribution is 7.89. The van der Waals surface area contributed by atoms with Gasteiger partial charge in [0.15, 0.2) is 11.6 Å². The number of aromatic nitrogens is 3. The Balaban J connectivity index is 1.48. The Labute approximate surface area is 206 Å². The Morgan fingerprint density at radius 3 is 2.46 bits per heavy atom. The van der Waals surface area contributed by atoms with E-state index in [1.165, 1.54) is 12.1 Å². The van der Waals surface area contributed by atoms with Crippen LogP contribution in [-0.2, 0) is 27.5 Å². The first-order valence-electron chi connectivity index (χ1n) is 10.6. The van der Waals surface area contributed by atoms with Gasteiger partial charge in [-0.25, -0.2) is 31.6 Å². The molecule has 3 heterocycles. The van der Waals surface area contributed by atoms with E-state index in [9.17, 15) is 39.6 Å². The van der Waals surface area contributed by atoms with Crippen molar-refractivity contribution in [3.05, 3.63) is 71.9 Å². The Kier molecular flexibility index (Phi) is 7.19. The van der Waals surface area contributed by atoms with Crippen molar-refractivity contribution in [1.29, 1.82) is 0 Å². The Bertz CT molecular complexity index is 1420. The summed E-state index contributed by atoms with van der Waals surface area (Å²) in [4.78, 5) is 23.4. The van der Waals surface area contributed by atoms with Crippen LogP contribution >= 0.6 is 0 Å². The van der Waals surface area contributed by atoms with Gasteiger partial charge in [-0.3, -0.25) is 9.78 Å². The number of sulfonamides is 1. The van der Waals surface area contributed by atoms with Crippen molar-refractivity contribution in [2.75, 3.05) is 6.54 Å². The molecule has 3 aromatic rings. The number of halogens is 6.